The summed E-state index contributed by atoms with van der Waals surface area (Å²) in [5.74, 6) is -0.687. The van der Waals surface area contributed by atoms with E-state index in [4.69, 9.17) is 14.2 Å². The van der Waals surface area contributed by atoms with Gasteiger partial charge >= 0.3 is 0 Å². The van der Waals surface area contributed by atoms with E-state index in [0.717, 1.165) is 0 Å². The fraction of sp³-hybridized carbons (Fsp3) is 0.222. The van der Waals surface area contributed by atoms with Crippen molar-refractivity contribution in [2.45, 2.75) is 19.9 Å². The molecular formula is C27H26N2O6. The van der Waals surface area contributed by atoms with Crippen LogP contribution in [-0.4, -0.2) is 42.1 Å². The predicted molar refractivity (Wildman–Crippen MR) is 131 cm³/mol. The quantitative estimate of drug-likeness (QED) is 0.291. The molecule has 1 atom stereocenters. The first kappa shape index (κ1) is 23.8. The number of Topliss-reactive ketones (excluding diaryl/α,β-unsaturated/α-hetero) is 1. The summed E-state index contributed by atoms with van der Waals surface area (Å²) in [6.45, 7) is 4.46. The number of amides is 1. The first-order valence-corrected chi connectivity index (χ1v) is 11.3. The molecule has 0 saturated carbocycles. The zero-order valence-electron chi connectivity index (χ0n) is 19.7. The molecular weight excluding hydrogens is 448 g/mol. The molecule has 1 unspecified atom stereocenters. The number of methoxy groups -OCH3 is 1. The minimum Gasteiger partial charge on any atom is -0.507 e. The number of aromatic nitrogens is 1. The van der Waals surface area contributed by atoms with Crippen molar-refractivity contribution in [3.8, 4) is 17.2 Å². The highest BCUT2D eigenvalue weighted by Gasteiger charge is 2.48. The fourth-order valence-corrected chi connectivity index (χ4v) is 4.10. The summed E-state index contributed by atoms with van der Waals surface area (Å²) in [6.07, 6.45) is 1.57. The van der Waals surface area contributed by atoms with Crippen molar-refractivity contribution in [3.05, 3.63) is 83.7 Å². The van der Waals surface area contributed by atoms with Crippen molar-refractivity contribution in [1.82, 2.24) is 4.98 Å². The van der Waals surface area contributed by atoms with Crippen LogP contribution in [0.15, 0.2) is 72.4 Å². The Morgan fingerprint density at radius 3 is 2.40 bits per heavy atom. The number of pyridine rings is 1. The zero-order chi connectivity index (χ0) is 24.9. The number of nitrogens with zero attached hydrogens (tertiary/aromatic N) is 2. The van der Waals surface area contributed by atoms with Gasteiger partial charge in [-0.2, -0.15) is 0 Å². The van der Waals surface area contributed by atoms with E-state index in [2.05, 4.69) is 4.98 Å². The van der Waals surface area contributed by atoms with Crippen molar-refractivity contribution < 1.29 is 28.9 Å². The second-order valence-electron chi connectivity index (χ2n) is 7.62. The van der Waals surface area contributed by atoms with Crippen molar-refractivity contribution in [3.63, 3.8) is 0 Å². The third kappa shape index (κ3) is 4.42. The molecule has 0 radical (unpaired) electrons. The Morgan fingerprint density at radius 2 is 1.71 bits per heavy atom. The van der Waals surface area contributed by atoms with Crippen LogP contribution in [0.2, 0.25) is 0 Å². The van der Waals surface area contributed by atoms with E-state index in [9.17, 15) is 14.7 Å². The smallest absolute Gasteiger partial charge is 0.300 e. The highest BCUT2D eigenvalue weighted by molar-refractivity contribution is 6.51. The molecule has 1 N–H and O–H groups in total. The van der Waals surface area contributed by atoms with Crippen LogP contribution in [0.3, 0.4) is 0 Å². The number of benzene rings is 2. The zero-order valence-corrected chi connectivity index (χ0v) is 19.7. The molecule has 8 heteroatoms. The van der Waals surface area contributed by atoms with Crippen LogP contribution in [0.25, 0.3) is 5.76 Å². The Kier molecular flexibility index (Phi) is 7.01. The number of aliphatic hydroxyl groups excluding tert-OH is 1. The Balaban J connectivity index is 1.95. The summed E-state index contributed by atoms with van der Waals surface area (Å²) in [5.41, 5.74) is 0.991. The summed E-state index contributed by atoms with van der Waals surface area (Å²) in [6, 6.07) is 16.0. The van der Waals surface area contributed by atoms with Gasteiger partial charge in [0.25, 0.3) is 11.7 Å². The third-order valence-electron chi connectivity index (χ3n) is 5.58. The van der Waals surface area contributed by atoms with Gasteiger partial charge in [0.15, 0.2) is 0 Å². The molecule has 1 amide bonds. The Bertz CT molecular complexity index is 1270. The van der Waals surface area contributed by atoms with E-state index in [0.29, 0.717) is 41.8 Å². The maximum Gasteiger partial charge on any atom is 0.300 e. The summed E-state index contributed by atoms with van der Waals surface area (Å²) >= 11 is 0. The lowest BCUT2D eigenvalue weighted by Gasteiger charge is -2.26. The lowest BCUT2D eigenvalue weighted by molar-refractivity contribution is -0.132. The average Bonchev–Trinajstić information content (AvgIpc) is 3.15. The second kappa shape index (κ2) is 10.3. The van der Waals surface area contributed by atoms with Crippen LogP contribution in [-0.2, 0) is 9.59 Å². The van der Waals surface area contributed by atoms with Gasteiger partial charge in [-0.1, -0.05) is 18.2 Å². The number of hydrogen-bond acceptors (Lipinski definition) is 7. The lowest BCUT2D eigenvalue weighted by atomic mass is 9.97. The molecule has 1 aliphatic heterocycles. The molecule has 2 aromatic carbocycles. The number of rotatable bonds is 8. The number of aliphatic hydroxyl groups is 1. The summed E-state index contributed by atoms with van der Waals surface area (Å²) < 4.78 is 16.7. The normalized spacial score (nSPS) is 16.9. The van der Waals surface area contributed by atoms with Crippen molar-refractivity contribution >= 4 is 23.1 Å². The number of ether oxygens (including phenoxy) is 3. The van der Waals surface area contributed by atoms with E-state index >= 15 is 0 Å². The number of ketones is 1. The van der Waals surface area contributed by atoms with Crippen molar-refractivity contribution in [1.29, 1.82) is 0 Å². The average molecular weight is 475 g/mol. The molecule has 1 aliphatic rings. The first-order valence-electron chi connectivity index (χ1n) is 11.3. The van der Waals surface area contributed by atoms with Gasteiger partial charge in [-0.05, 0) is 50.2 Å². The van der Waals surface area contributed by atoms with E-state index in [1.165, 1.54) is 12.0 Å². The molecule has 1 aromatic heterocycles. The fourth-order valence-electron chi connectivity index (χ4n) is 4.10. The molecule has 0 bridgehead atoms. The summed E-state index contributed by atoms with van der Waals surface area (Å²) in [7, 11) is 1.49. The number of para-hydroxylation sites is 2. The van der Waals surface area contributed by atoms with Crippen LogP contribution in [0, 0.1) is 0 Å². The molecule has 8 nitrogen and oxygen atoms in total. The molecule has 0 aliphatic carbocycles. The van der Waals surface area contributed by atoms with E-state index in [-0.39, 0.29) is 16.9 Å². The minimum atomic E-state index is -0.978. The monoisotopic (exact) mass is 474 g/mol. The third-order valence-corrected chi connectivity index (χ3v) is 5.58. The van der Waals surface area contributed by atoms with Crippen molar-refractivity contribution in [2.24, 2.45) is 0 Å². The van der Waals surface area contributed by atoms with E-state index < -0.39 is 17.7 Å². The lowest BCUT2D eigenvalue weighted by Crippen LogP contribution is -2.30. The number of carbonyl (C=O) groups is 2. The molecule has 3 aromatic rings. The van der Waals surface area contributed by atoms with Crippen LogP contribution in [0.5, 0.6) is 17.2 Å². The van der Waals surface area contributed by atoms with Gasteiger partial charge in [0.2, 0.25) is 0 Å². The van der Waals surface area contributed by atoms with Gasteiger partial charge in [0.1, 0.15) is 29.0 Å². The maximum absolute atomic E-state index is 13.4. The maximum atomic E-state index is 13.4. The van der Waals surface area contributed by atoms with Crippen molar-refractivity contribution in [2.75, 3.05) is 25.2 Å². The van der Waals surface area contributed by atoms with Crippen LogP contribution >= 0.6 is 0 Å². The minimum absolute atomic E-state index is 0.0929. The van der Waals surface area contributed by atoms with E-state index in [1.54, 1.807) is 66.9 Å². The second-order valence-corrected chi connectivity index (χ2v) is 7.62. The Hall–Kier alpha value is -4.33. The predicted octanol–water partition coefficient (Wildman–Crippen LogP) is 4.51. The standard InChI is InChI=1S/C27H26N2O6/c1-4-34-17-13-14-18(22(16-17)35-5-2)25(30)23-24(19-10-8-9-15-28-19)29(27(32)26(23)31)20-11-6-7-12-21(20)33-3/h6-16,24,30H,4-5H2,1-3H3/b25-23-. The highest BCUT2D eigenvalue weighted by Crippen LogP contribution is 2.45. The van der Waals surface area contributed by atoms with Crippen LogP contribution in [0.1, 0.15) is 31.1 Å². The summed E-state index contributed by atoms with van der Waals surface area (Å²) in [5, 5.41) is 11.5. The SMILES string of the molecule is CCOc1ccc(/C(O)=C2/C(=O)C(=O)N(c3ccccc3OC)C2c2ccccn2)c(OCC)c1. The number of carbonyl (C=O) groups excluding carboxylic acids is 2. The molecule has 4 rings (SSSR count). The molecule has 2 heterocycles. The van der Waals surface area contributed by atoms with Gasteiger partial charge in [-0.3, -0.25) is 19.5 Å². The van der Waals surface area contributed by atoms with Gasteiger partial charge in [0.05, 0.1) is 42.8 Å². The molecule has 1 saturated heterocycles. The van der Waals surface area contributed by atoms with Gasteiger partial charge < -0.3 is 19.3 Å². The number of anilines is 1. The highest BCUT2D eigenvalue weighted by atomic mass is 16.5. The van der Waals surface area contributed by atoms with Crippen LogP contribution < -0.4 is 19.1 Å². The molecule has 35 heavy (non-hydrogen) atoms. The van der Waals surface area contributed by atoms with Crippen LogP contribution in [0.4, 0.5) is 5.69 Å². The molecule has 180 valence electrons. The molecule has 0 spiro atoms. The largest absolute Gasteiger partial charge is 0.507 e. The first-order chi connectivity index (χ1) is 17.0. The van der Waals surface area contributed by atoms with Gasteiger partial charge in [-0.25, -0.2) is 0 Å². The Morgan fingerprint density at radius 1 is 0.971 bits per heavy atom. The topological polar surface area (TPSA) is 98.2 Å². The summed E-state index contributed by atoms with van der Waals surface area (Å²) in [4.78, 5) is 32.4. The molecule has 1 fully saturated rings. The van der Waals surface area contributed by atoms with Gasteiger partial charge in [0, 0.05) is 12.3 Å². The Labute approximate surface area is 203 Å². The van der Waals surface area contributed by atoms with E-state index in [1.807, 2.05) is 13.8 Å². The van der Waals surface area contributed by atoms with Gasteiger partial charge in [-0.15, -0.1) is 0 Å². The number of hydrogen-bond donors (Lipinski definition) is 1.